The third kappa shape index (κ3) is 4.18. The van der Waals surface area contributed by atoms with Crippen LogP contribution in [0.25, 0.3) is 15.9 Å². The molecule has 0 spiro atoms. The highest BCUT2D eigenvalue weighted by Gasteiger charge is 2.40. The minimum Gasteiger partial charge on any atom is -0.366 e. The van der Waals surface area contributed by atoms with Gasteiger partial charge >= 0.3 is 0 Å². The van der Waals surface area contributed by atoms with Gasteiger partial charge in [-0.1, -0.05) is 13.5 Å². The highest BCUT2D eigenvalue weighted by atomic mass is 19.3. The van der Waals surface area contributed by atoms with E-state index in [0.29, 0.717) is 42.7 Å². The fourth-order valence-electron chi connectivity index (χ4n) is 5.50. The fourth-order valence-corrected chi connectivity index (χ4v) is 5.50. The number of hydrogen-bond acceptors (Lipinski definition) is 5. The Labute approximate surface area is 192 Å². The minimum atomic E-state index is -2.54. The van der Waals surface area contributed by atoms with Crippen molar-refractivity contribution in [2.45, 2.75) is 57.0 Å². The van der Waals surface area contributed by atoms with Gasteiger partial charge in [0.1, 0.15) is 17.3 Å². The summed E-state index contributed by atoms with van der Waals surface area (Å²) in [6.07, 6.45) is 1.66. The number of piperidine rings is 1. The van der Waals surface area contributed by atoms with Gasteiger partial charge in [0.05, 0.1) is 5.52 Å². The van der Waals surface area contributed by atoms with Crippen LogP contribution >= 0.6 is 0 Å². The van der Waals surface area contributed by atoms with Gasteiger partial charge < -0.3 is 19.2 Å². The predicted molar refractivity (Wildman–Crippen MR) is 123 cm³/mol. The molecule has 2 aromatic heterocycles. The smallest absolute Gasteiger partial charge is 0.271 e. The van der Waals surface area contributed by atoms with E-state index in [2.05, 4.69) is 27.7 Å². The molecule has 2 atom stereocenters. The summed E-state index contributed by atoms with van der Waals surface area (Å²) in [5, 5.41) is 9.81. The largest absolute Gasteiger partial charge is 0.366 e. The van der Waals surface area contributed by atoms with Gasteiger partial charge in [-0.25, -0.2) is 8.78 Å². The molecule has 33 heavy (non-hydrogen) atoms. The van der Waals surface area contributed by atoms with E-state index in [4.69, 9.17) is 6.57 Å². The lowest BCUT2D eigenvalue weighted by Gasteiger charge is -2.46. The van der Waals surface area contributed by atoms with Gasteiger partial charge in [0.2, 0.25) is 11.4 Å². The monoisotopic (exact) mass is 454 g/mol. The Kier molecular flexibility index (Phi) is 6.11. The molecule has 0 radical (unpaired) electrons. The molecule has 2 unspecified atom stereocenters. The summed E-state index contributed by atoms with van der Waals surface area (Å²) in [5.41, 5.74) is 1.21. The molecule has 2 fully saturated rings. The molecular formula is C24H28F2N6O. The van der Waals surface area contributed by atoms with Crippen LogP contribution in [0.1, 0.15) is 44.6 Å². The minimum absolute atomic E-state index is 0.0353. The quantitative estimate of drug-likeness (QED) is 0.654. The van der Waals surface area contributed by atoms with Gasteiger partial charge in [-0.3, -0.25) is 4.79 Å². The summed E-state index contributed by atoms with van der Waals surface area (Å²) < 4.78 is 28.6. The molecule has 0 bridgehead atoms. The van der Waals surface area contributed by atoms with E-state index in [-0.39, 0.29) is 47.8 Å². The second kappa shape index (κ2) is 8.72. The topological polar surface area (TPSA) is 69.5 Å². The first-order valence-electron chi connectivity index (χ1n) is 11.3. The summed E-state index contributed by atoms with van der Waals surface area (Å²) in [5.74, 6) is -2.14. The zero-order chi connectivity index (χ0) is 23.9. The first kappa shape index (κ1) is 23.1. The standard InChI is InChI=1S/C24H28F2N6O/c1-15-14-32(12-9-18(15)30(3)16-7-10-24(25,26)11-8-16)22-17(13-27)23(33)31(4)19-5-6-20(28-2)29-21(19)22/h5-6,15-16,18H,7-12,14H2,1,3-4H3. The molecule has 3 heterocycles. The molecule has 1 aliphatic heterocycles. The van der Waals surface area contributed by atoms with Crippen molar-refractivity contribution in [2.75, 3.05) is 25.0 Å². The average Bonchev–Trinajstić information content (AvgIpc) is 2.80. The van der Waals surface area contributed by atoms with Crippen molar-refractivity contribution in [2.24, 2.45) is 13.0 Å². The molecule has 9 heteroatoms. The third-order valence-electron chi connectivity index (χ3n) is 7.39. The molecule has 1 aliphatic carbocycles. The third-order valence-corrected chi connectivity index (χ3v) is 7.39. The van der Waals surface area contributed by atoms with Crippen molar-refractivity contribution in [3.63, 3.8) is 0 Å². The molecule has 0 N–H and O–H groups in total. The lowest BCUT2D eigenvalue weighted by atomic mass is 9.86. The molecule has 0 aromatic carbocycles. The van der Waals surface area contributed by atoms with Crippen molar-refractivity contribution in [1.29, 1.82) is 5.26 Å². The van der Waals surface area contributed by atoms with E-state index in [9.17, 15) is 18.8 Å². The number of pyridine rings is 2. The average molecular weight is 455 g/mol. The maximum absolute atomic E-state index is 13.6. The molecule has 2 aliphatic rings. The molecule has 4 rings (SSSR count). The number of anilines is 1. The van der Waals surface area contributed by atoms with Gasteiger partial charge in [0.25, 0.3) is 11.4 Å². The van der Waals surface area contributed by atoms with Crippen LogP contribution in [0.5, 0.6) is 0 Å². The van der Waals surface area contributed by atoms with Gasteiger partial charge in [-0.05, 0) is 44.4 Å². The first-order valence-corrected chi connectivity index (χ1v) is 11.3. The second-order valence-electron chi connectivity index (χ2n) is 9.38. The van der Waals surface area contributed by atoms with Gasteiger partial charge in [0, 0.05) is 45.1 Å². The van der Waals surface area contributed by atoms with E-state index in [0.717, 1.165) is 6.42 Å². The Morgan fingerprint density at radius 1 is 1.30 bits per heavy atom. The molecular weight excluding hydrogens is 426 g/mol. The van der Waals surface area contributed by atoms with E-state index in [1.807, 2.05) is 11.9 Å². The Morgan fingerprint density at radius 3 is 2.61 bits per heavy atom. The van der Waals surface area contributed by atoms with Gasteiger partial charge in [-0.15, -0.1) is 4.98 Å². The lowest BCUT2D eigenvalue weighted by Crippen LogP contribution is -2.53. The molecule has 1 saturated heterocycles. The van der Waals surface area contributed by atoms with Crippen LogP contribution in [0.15, 0.2) is 16.9 Å². The summed E-state index contributed by atoms with van der Waals surface area (Å²) in [6.45, 7) is 10.7. The number of nitrogens with zero attached hydrogens (tertiary/aromatic N) is 6. The number of nitriles is 1. The summed E-state index contributed by atoms with van der Waals surface area (Å²) in [7, 11) is 3.63. The summed E-state index contributed by atoms with van der Waals surface area (Å²) in [4.78, 5) is 25.1. The number of fused-ring (bicyclic) bond motifs is 1. The Balaban J connectivity index is 1.64. The first-order chi connectivity index (χ1) is 15.7. The Hall–Kier alpha value is -3.04. The number of alkyl halides is 2. The lowest BCUT2D eigenvalue weighted by molar-refractivity contribution is -0.0582. The van der Waals surface area contributed by atoms with Crippen LogP contribution in [-0.4, -0.2) is 52.6 Å². The van der Waals surface area contributed by atoms with Crippen LogP contribution in [0, 0.1) is 23.8 Å². The predicted octanol–water partition coefficient (Wildman–Crippen LogP) is 4.08. The molecule has 2 aromatic rings. The highest BCUT2D eigenvalue weighted by molar-refractivity contribution is 5.92. The molecule has 174 valence electrons. The number of aryl methyl sites for hydroxylation is 1. The molecule has 7 nitrogen and oxygen atoms in total. The van der Waals surface area contributed by atoms with Crippen molar-refractivity contribution < 1.29 is 8.78 Å². The fraction of sp³-hybridized carbons (Fsp3) is 0.583. The molecule has 0 amide bonds. The van der Waals surface area contributed by atoms with Crippen molar-refractivity contribution >= 4 is 22.5 Å². The van der Waals surface area contributed by atoms with E-state index < -0.39 is 5.92 Å². The highest BCUT2D eigenvalue weighted by Crippen LogP contribution is 2.38. The maximum Gasteiger partial charge on any atom is 0.271 e. The van der Waals surface area contributed by atoms with Crippen LogP contribution < -0.4 is 10.5 Å². The number of rotatable bonds is 3. The zero-order valence-corrected chi connectivity index (χ0v) is 19.2. The van der Waals surface area contributed by atoms with Gasteiger partial charge in [-0.2, -0.15) is 5.26 Å². The van der Waals surface area contributed by atoms with Crippen LogP contribution in [-0.2, 0) is 7.05 Å². The van der Waals surface area contributed by atoms with Crippen molar-refractivity contribution in [1.82, 2.24) is 14.5 Å². The van der Waals surface area contributed by atoms with E-state index in [1.54, 1.807) is 19.2 Å². The normalized spacial score (nSPS) is 23.5. The van der Waals surface area contributed by atoms with Crippen molar-refractivity contribution in [3.8, 4) is 6.07 Å². The SMILES string of the molecule is [C-]#[N+]c1ccc2c(n1)c(N1CCC(N(C)C3CCC(F)(F)CC3)C(C)C1)c(C#N)c(=O)n2C. The van der Waals surface area contributed by atoms with Crippen molar-refractivity contribution in [3.05, 3.63) is 39.5 Å². The zero-order valence-electron chi connectivity index (χ0n) is 19.2. The second-order valence-corrected chi connectivity index (χ2v) is 9.38. The van der Waals surface area contributed by atoms with Crippen LogP contribution in [0.3, 0.4) is 0 Å². The van der Waals surface area contributed by atoms with Crippen LogP contribution in [0.4, 0.5) is 20.3 Å². The van der Waals surface area contributed by atoms with E-state index in [1.165, 1.54) is 4.57 Å². The number of aromatic nitrogens is 2. The number of halogens is 2. The Morgan fingerprint density at radius 2 is 2.00 bits per heavy atom. The van der Waals surface area contributed by atoms with Crippen LogP contribution in [0.2, 0.25) is 0 Å². The Bertz CT molecular complexity index is 1200. The van der Waals surface area contributed by atoms with E-state index >= 15 is 0 Å². The summed E-state index contributed by atoms with van der Waals surface area (Å²) >= 11 is 0. The number of hydrogen-bond donors (Lipinski definition) is 0. The molecule has 1 saturated carbocycles. The van der Waals surface area contributed by atoms with Gasteiger partial charge in [0.15, 0.2) is 0 Å². The maximum atomic E-state index is 13.6. The summed E-state index contributed by atoms with van der Waals surface area (Å²) in [6, 6.07) is 5.71.